The molecule has 0 spiro atoms. The minimum atomic E-state index is -4.58. The van der Waals surface area contributed by atoms with Crippen LogP contribution in [-0.4, -0.2) is 77.4 Å². The Labute approximate surface area is 242 Å². The van der Waals surface area contributed by atoms with Gasteiger partial charge in [-0.25, -0.2) is 4.98 Å². The Morgan fingerprint density at radius 3 is 2.50 bits per heavy atom. The van der Waals surface area contributed by atoms with Crippen LogP contribution in [0.4, 0.5) is 42.0 Å². The maximum absolute atomic E-state index is 13.3. The molecule has 1 unspecified atom stereocenters. The van der Waals surface area contributed by atoms with Gasteiger partial charge in [-0.3, -0.25) is 9.69 Å². The van der Waals surface area contributed by atoms with Gasteiger partial charge in [-0.15, -0.1) is 0 Å². The fraction of sp³-hybridized carbons (Fsp3) is 0.345. The van der Waals surface area contributed by atoms with Crippen LogP contribution < -0.4 is 20.4 Å². The van der Waals surface area contributed by atoms with E-state index in [-0.39, 0.29) is 18.8 Å². The Kier molecular flexibility index (Phi) is 8.34. The fourth-order valence-electron chi connectivity index (χ4n) is 5.03. The van der Waals surface area contributed by atoms with E-state index in [0.717, 1.165) is 61.3 Å². The van der Waals surface area contributed by atoms with Crippen LogP contribution in [0, 0.1) is 0 Å². The first-order valence-electron chi connectivity index (χ1n) is 13.5. The van der Waals surface area contributed by atoms with E-state index < -0.39 is 24.0 Å². The number of rotatable bonds is 7. The van der Waals surface area contributed by atoms with Crippen molar-refractivity contribution in [2.45, 2.75) is 25.6 Å². The largest absolute Gasteiger partial charge is 0.416 e. The Bertz CT molecular complexity index is 1440. The summed E-state index contributed by atoms with van der Waals surface area (Å²) < 4.78 is 40.0. The molecule has 3 aromatic rings. The van der Waals surface area contributed by atoms with E-state index in [1.54, 1.807) is 23.0 Å². The summed E-state index contributed by atoms with van der Waals surface area (Å²) in [6, 6.07) is 11.2. The van der Waals surface area contributed by atoms with Crippen molar-refractivity contribution in [3.8, 4) is 0 Å². The number of likely N-dealkylation sites (N-methyl/N-ethyl adjacent to an activating group) is 1. The van der Waals surface area contributed by atoms with Crippen LogP contribution in [0.15, 0.2) is 61.3 Å². The van der Waals surface area contributed by atoms with Crippen molar-refractivity contribution in [3.05, 3.63) is 78.0 Å². The molecular weight excluding hydrogens is 549 g/mol. The number of amides is 1. The lowest BCUT2D eigenvalue weighted by Crippen LogP contribution is -2.50. The van der Waals surface area contributed by atoms with Crippen molar-refractivity contribution in [1.82, 2.24) is 19.8 Å². The quantitative estimate of drug-likeness (QED) is 0.359. The highest BCUT2D eigenvalue weighted by molar-refractivity contribution is 5.99. The zero-order chi connectivity index (χ0) is 30.0. The molecule has 13 heteroatoms. The summed E-state index contributed by atoms with van der Waals surface area (Å²) in [5, 5.41) is 16.7. The van der Waals surface area contributed by atoms with Gasteiger partial charge in [-0.05, 0) is 55.1 Å². The standard InChI is InChI=1S/C29H33F3N8O2/c1-4-25(41)35-24-15-21(29(30,31)32)6-5-19(24)17-40-18-20-16-33-27(36-26(20)38(3)28(40)42)34-22-7-9-23(10-8-22)39-13-11-37(2)12-14-39/h4-10,15-16,28,42H,1,11-14,17-18H2,2-3H3,(H,35,41)(H,33,34,36). The third-order valence-electron chi connectivity index (χ3n) is 7.47. The number of fused-ring (bicyclic) bond motifs is 1. The molecule has 5 rings (SSSR count). The van der Waals surface area contributed by atoms with Gasteiger partial charge in [0.15, 0.2) is 6.35 Å². The van der Waals surface area contributed by atoms with Gasteiger partial charge in [0.25, 0.3) is 0 Å². The number of aromatic nitrogens is 2. The Hall–Kier alpha value is -4.20. The molecule has 1 fully saturated rings. The van der Waals surface area contributed by atoms with Crippen LogP contribution in [0.2, 0.25) is 0 Å². The lowest BCUT2D eigenvalue weighted by atomic mass is 10.1. The molecule has 2 aliphatic rings. The van der Waals surface area contributed by atoms with Gasteiger partial charge in [0, 0.05) is 75.1 Å². The smallest absolute Gasteiger partial charge is 0.369 e. The van der Waals surface area contributed by atoms with Crippen LogP contribution in [0.3, 0.4) is 0 Å². The third kappa shape index (κ3) is 6.48. The van der Waals surface area contributed by atoms with E-state index >= 15 is 0 Å². The van der Waals surface area contributed by atoms with E-state index in [4.69, 9.17) is 0 Å². The second-order valence-corrected chi connectivity index (χ2v) is 10.4. The minimum Gasteiger partial charge on any atom is -0.369 e. The second kappa shape index (κ2) is 12.0. The average Bonchev–Trinajstić information content (AvgIpc) is 2.97. The summed E-state index contributed by atoms with van der Waals surface area (Å²) >= 11 is 0. The number of halogens is 3. The number of nitrogens with one attached hydrogen (secondary N) is 2. The van der Waals surface area contributed by atoms with Gasteiger partial charge in [0.05, 0.1) is 5.56 Å². The van der Waals surface area contributed by atoms with Crippen LogP contribution >= 0.6 is 0 Å². The van der Waals surface area contributed by atoms with Crippen LogP contribution in [0.5, 0.6) is 0 Å². The summed E-state index contributed by atoms with van der Waals surface area (Å²) in [7, 11) is 3.79. The first-order chi connectivity index (χ1) is 20.0. The van der Waals surface area contributed by atoms with Crippen LogP contribution in [-0.2, 0) is 24.1 Å². The SMILES string of the molecule is C=CC(=O)Nc1cc(C(F)(F)F)ccc1CN1Cc2cnc(Nc3ccc(N4CCN(C)CC4)cc3)nc2N(C)C1O. The molecule has 1 atom stereocenters. The molecule has 3 heterocycles. The van der Waals surface area contributed by atoms with Crippen LogP contribution in [0.1, 0.15) is 16.7 Å². The van der Waals surface area contributed by atoms with Crippen molar-refractivity contribution in [3.63, 3.8) is 0 Å². The first kappa shape index (κ1) is 29.3. The fourth-order valence-corrected chi connectivity index (χ4v) is 5.03. The number of nitrogens with zero attached hydrogens (tertiary/aromatic N) is 6. The maximum atomic E-state index is 13.3. The number of aliphatic hydroxyl groups is 1. The molecule has 0 saturated carbocycles. The number of benzene rings is 2. The highest BCUT2D eigenvalue weighted by Gasteiger charge is 2.33. The number of carbonyl (C=O) groups is 1. The highest BCUT2D eigenvalue weighted by atomic mass is 19.4. The predicted molar refractivity (Wildman–Crippen MR) is 155 cm³/mol. The van der Waals surface area contributed by atoms with E-state index in [1.807, 2.05) is 12.1 Å². The Morgan fingerprint density at radius 2 is 1.83 bits per heavy atom. The number of aliphatic hydroxyl groups excluding tert-OH is 1. The van der Waals surface area contributed by atoms with Crippen molar-refractivity contribution in [2.24, 2.45) is 0 Å². The Balaban J connectivity index is 1.30. The summed E-state index contributed by atoms with van der Waals surface area (Å²) in [4.78, 5) is 28.9. The molecule has 10 nitrogen and oxygen atoms in total. The molecule has 222 valence electrons. The van der Waals surface area contributed by atoms with Gasteiger partial charge in [0.1, 0.15) is 5.82 Å². The molecule has 0 radical (unpaired) electrons. The summed E-state index contributed by atoms with van der Waals surface area (Å²) in [5.41, 5.74) is 2.20. The molecule has 3 N–H and O–H groups in total. The van der Waals surface area contributed by atoms with E-state index in [9.17, 15) is 23.1 Å². The lowest BCUT2D eigenvalue weighted by Gasteiger charge is -2.40. The number of hydrogen-bond donors (Lipinski definition) is 3. The normalized spacial score (nSPS) is 18.0. The van der Waals surface area contributed by atoms with Gasteiger partial charge in [-0.2, -0.15) is 18.2 Å². The van der Waals surface area contributed by atoms with Crippen LogP contribution in [0.25, 0.3) is 0 Å². The zero-order valence-corrected chi connectivity index (χ0v) is 23.4. The number of carbonyl (C=O) groups excluding carboxylic acids is 1. The summed E-state index contributed by atoms with van der Waals surface area (Å²) in [6.07, 6.45) is -3.07. The van der Waals surface area contributed by atoms with E-state index in [0.29, 0.717) is 17.3 Å². The molecule has 1 aromatic heterocycles. The van der Waals surface area contributed by atoms with Gasteiger partial charge < -0.3 is 30.4 Å². The zero-order valence-electron chi connectivity index (χ0n) is 23.4. The monoisotopic (exact) mass is 582 g/mol. The van der Waals surface area contributed by atoms with Gasteiger partial charge in [-0.1, -0.05) is 12.6 Å². The van der Waals surface area contributed by atoms with Gasteiger partial charge in [0.2, 0.25) is 11.9 Å². The topological polar surface area (TPSA) is 100 Å². The summed E-state index contributed by atoms with van der Waals surface area (Å²) in [6.45, 7) is 7.66. The molecule has 1 amide bonds. The summed E-state index contributed by atoms with van der Waals surface area (Å²) in [5.74, 6) is 0.253. The number of piperazine rings is 1. The van der Waals surface area contributed by atoms with Gasteiger partial charge >= 0.3 is 6.18 Å². The Morgan fingerprint density at radius 1 is 1.12 bits per heavy atom. The van der Waals surface area contributed by atoms with E-state index in [1.165, 1.54) is 6.07 Å². The van der Waals surface area contributed by atoms with Crippen molar-refractivity contribution >= 4 is 34.7 Å². The first-order valence-corrected chi connectivity index (χ1v) is 13.5. The van der Waals surface area contributed by atoms with Crippen molar-refractivity contribution < 1.29 is 23.1 Å². The van der Waals surface area contributed by atoms with Crippen molar-refractivity contribution in [1.29, 1.82) is 0 Å². The van der Waals surface area contributed by atoms with Crippen molar-refractivity contribution in [2.75, 3.05) is 60.7 Å². The molecule has 0 bridgehead atoms. The molecule has 1 saturated heterocycles. The second-order valence-electron chi connectivity index (χ2n) is 10.4. The molecule has 2 aromatic carbocycles. The predicted octanol–water partition coefficient (Wildman–Crippen LogP) is 3.84. The maximum Gasteiger partial charge on any atom is 0.416 e. The molecular formula is C29H33F3N8O2. The third-order valence-corrected chi connectivity index (χ3v) is 7.47. The number of alkyl halides is 3. The number of hydrogen-bond acceptors (Lipinski definition) is 9. The molecule has 42 heavy (non-hydrogen) atoms. The molecule has 0 aliphatic carbocycles. The highest BCUT2D eigenvalue weighted by Crippen LogP contribution is 2.35. The molecule has 2 aliphatic heterocycles. The number of anilines is 5. The minimum absolute atomic E-state index is 0.00943. The average molecular weight is 583 g/mol. The lowest BCUT2D eigenvalue weighted by molar-refractivity contribution is -0.137. The van der Waals surface area contributed by atoms with E-state index in [2.05, 4.69) is 56.2 Å².